The van der Waals surface area contributed by atoms with Gasteiger partial charge >= 0.3 is 0 Å². The summed E-state index contributed by atoms with van der Waals surface area (Å²) >= 11 is 24.6. The van der Waals surface area contributed by atoms with E-state index in [9.17, 15) is 14.4 Å². The van der Waals surface area contributed by atoms with E-state index in [0.29, 0.717) is 5.69 Å². The molecule has 4 aromatic rings. The molecule has 0 atom stereocenters. The number of nitrogens with zero attached hydrogens (tertiary/aromatic N) is 3. The molecule has 2 N–H and O–H groups in total. The van der Waals surface area contributed by atoms with Gasteiger partial charge in [0, 0.05) is 18.1 Å². The van der Waals surface area contributed by atoms with Gasteiger partial charge in [-0.1, -0.05) is 58.5 Å². The third-order valence-electron chi connectivity index (χ3n) is 4.69. The molecule has 0 spiro atoms. The highest BCUT2D eigenvalue weighted by Gasteiger charge is 2.25. The Labute approximate surface area is 218 Å². The monoisotopic (exact) mass is 547 g/mol. The second-order valence-electron chi connectivity index (χ2n) is 6.98. The molecular weight excluding hydrogens is 536 g/mol. The molecule has 0 unspecified atom stereocenters. The number of aromatic nitrogens is 3. The van der Waals surface area contributed by atoms with Crippen LogP contribution in [0.3, 0.4) is 0 Å². The van der Waals surface area contributed by atoms with Gasteiger partial charge in [-0.15, -0.1) is 0 Å². The average molecular weight is 549 g/mol. The minimum Gasteiger partial charge on any atom is -0.320 e. The van der Waals surface area contributed by atoms with Gasteiger partial charge in [-0.3, -0.25) is 19.4 Å². The second kappa shape index (κ2) is 10.5. The summed E-state index contributed by atoms with van der Waals surface area (Å²) in [5.41, 5.74) is 0.0615. The number of benzene rings is 2. The maximum Gasteiger partial charge on any atom is 0.281 e. The van der Waals surface area contributed by atoms with E-state index in [-0.39, 0.29) is 42.6 Å². The van der Waals surface area contributed by atoms with Crippen LogP contribution in [0.5, 0.6) is 0 Å². The van der Waals surface area contributed by atoms with Crippen LogP contribution in [-0.4, -0.2) is 32.5 Å². The highest BCUT2D eigenvalue weighted by atomic mass is 35.5. The Morgan fingerprint density at radius 3 is 1.83 bits per heavy atom. The molecule has 35 heavy (non-hydrogen) atoms. The van der Waals surface area contributed by atoms with Crippen molar-refractivity contribution < 1.29 is 14.4 Å². The van der Waals surface area contributed by atoms with Gasteiger partial charge in [0.05, 0.1) is 43.1 Å². The Hall–Kier alpha value is -3.43. The summed E-state index contributed by atoms with van der Waals surface area (Å²) < 4.78 is 0.860. The molecular formula is C23H13Cl4N5O3. The molecule has 0 fully saturated rings. The average Bonchev–Trinajstić information content (AvgIpc) is 3.23. The number of pyridine rings is 1. The van der Waals surface area contributed by atoms with Gasteiger partial charge in [-0.2, -0.15) is 5.10 Å². The molecule has 0 saturated heterocycles. The van der Waals surface area contributed by atoms with Crippen LogP contribution in [0.2, 0.25) is 20.1 Å². The van der Waals surface area contributed by atoms with E-state index in [2.05, 4.69) is 20.7 Å². The molecule has 0 bridgehead atoms. The Balaban J connectivity index is 1.75. The van der Waals surface area contributed by atoms with Crippen LogP contribution in [-0.2, 0) is 0 Å². The second-order valence-corrected chi connectivity index (χ2v) is 8.61. The first-order valence-corrected chi connectivity index (χ1v) is 11.3. The number of rotatable bonds is 5. The van der Waals surface area contributed by atoms with E-state index in [1.807, 2.05) is 0 Å². The maximum atomic E-state index is 13.1. The van der Waals surface area contributed by atoms with Crippen molar-refractivity contribution in [2.24, 2.45) is 0 Å². The van der Waals surface area contributed by atoms with Gasteiger partial charge in [0.1, 0.15) is 0 Å². The number of carbonyl (C=O) groups is 3. The molecule has 2 aromatic carbocycles. The number of carbonyl (C=O) groups excluding carboxylic acids is 3. The molecule has 8 nitrogen and oxygen atoms in total. The van der Waals surface area contributed by atoms with Crippen LogP contribution < -0.4 is 10.6 Å². The summed E-state index contributed by atoms with van der Waals surface area (Å²) in [7, 11) is 0. The third-order valence-corrected chi connectivity index (χ3v) is 5.95. The molecule has 0 aliphatic heterocycles. The molecule has 2 heterocycles. The predicted molar refractivity (Wildman–Crippen MR) is 135 cm³/mol. The van der Waals surface area contributed by atoms with Crippen LogP contribution in [0.1, 0.15) is 31.2 Å². The van der Waals surface area contributed by atoms with Crippen LogP contribution in [0.15, 0.2) is 67.1 Å². The van der Waals surface area contributed by atoms with E-state index in [4.69, 9.17) is 46.4 Å². The zero-order chi connectivity index (χ0) is 25.1. The quantitative estimate of drug-likeness (QED) is 0.314. The lowest BCUT2D eigenvalue weighted by Gasteiger charge is -2.08. The Bertz CT molecular complexity index is 1420. The van der Waals surface area contributed by atoms with Crippen LogP contribution in [0.25, 0.3) is 0 Å². The van der Waals surface area contributed by atoms with E-state index in [1.165, 1.54) is 42.9 Å². The largest absolute Gasteiger partial charge is 0.320 e. The first-order valence-electron chi connectivity index (χ1n) is 9.81. The van der Waals surface area contributed by atoms with Crippen molar-refractivity contribution in [3.05, 3.63) is 104 Å². The van der Waals surface area contributed by atoms with Gasteiger partial charge in [0.15, 0.2) is 5.69 Å². The molecule has 2 aromatic heterocycles. The number of amides is 2. The van der Waals surface area contributed by atoms with Crippen molar-refractivity contribution in [3.8, 4) is 0 Å². The number of anilines is 2. The summed E-state index contributed by atoms with van der Waals surface area (Å²) in [6.07, 6.45) is 4.14. The Morgan fingerprint density at radius 1 is 0.714 bits per heavy atom. The minimum absolute atomic E-state index is 0.00968. The van der Waals surface area contributed by atoms with Crippen LogP contribution in [0, 0.1) is 0 Å². The smallest absolute Gasteiger partial charge is 0.281 e. The highest BCUT2D eigenvalue weighted by Crippen LogP contribution is 2.28. The molecule has 176 valence electrons. The predicted octanol–water partition coefficient (Wildman–Crippen LogP) is 6.08. The molecule has 0 saturated carbocycles. The van der Waals surface area contributed by atoms with Crippen molar-refractivity contribution in [1.29, 1.82) is 0 Å². The minimum atomic E-state index is -0.713. The summed E-state index contributed by atoms with van der Waals surface area (Å²) in [6.45, 7) is 0. The molecule has 0 radical (unpaired) electrons. The van der Waals surface area contributed by atoms with E-state index in [1.54, 1.807) is 24.3 Å². The lowest BCUT2D eigenvalue weighted by atomic mass is 10.2. The zero-order valence-electron chi connectivity index (χ0n) is 17.4. The topological polar surface area (TPSA) is 106 Å². The summed E-state index contributed by atoms with van der Waals surface area (Å²) in [6, 6.07) is 12.2. The number of hydrogen-bond donors (Lipinski definition) is 2. The highest BCUT2D eigenvalue weighted by molar-refractivity contribution is 6.41. The normalized spacial score (nSPS) is 10.6. The number of nitrogens with one attached hydrogen (secondary N) is 2. The molecule has 4 rings (SSSR count). The molecule has 0 aliphatic carbocycles. The Kier molecular flexibility index (Phi) is 7.37. The summed E-state index contributed by atoms with van der Waals surface area (Å²) in [4.78, 5) is 43.0. The van der Waals surface area contributed by atoms with E-state index < -0.39 is 17.7 Å². The zero-order valence-corrected chi connectivity index (χ0v) is 20.5. The van der Waals surface area contributed by atoms with E-state index in [0.717, 1.165) is 4.68 Å². The Morgan fingerprint density at radius 2 is 1.26 bits per heavy atom. The van der Waals surface area contributed by atoms with Crippen molar-refractivity contribution in [3.63, 3.8) is 0 Å². The fraction of sp³-hybridized carbons (Fsp3) is 0. The van der Waals surface area contributed by atoms with E-state index >= 15 is 0 Å². The summed E-state index contributed by atoms with van der Waals surface area (Å²) in [5, 5.41) is 9.66. The standard InChI is InChI=1S/C23H13Cl4N5O3/c24-13-3-1-4-14(25)18(13)21(33)30-17-11-32(23(35)19-15(26)5-2-6-16(19)27)31-20(17)22(34)29-12-7-9-28-10-8-12/h1-11H,(H,30,33)(H,28,29,34). The molecule has 0 aliphatic rings. The van der Waals surface area contributed by atoms with Gasteiger partial charge in [0.25, 0.3) is 17.7 Å². The fourth-order valence-electron chi connectivity index (χ4n) is 3.08. The van der Waals surface area contributed by atoms with Crippen LogP contribution >= 0.6 is 46.4 Å². The van der Waals surface area contributed by atoms with Gasteiger partial charge in [0.2, 0.25) is 0 Å². The fourth-order valence-corrected chi connectivity index (χ4v) is 4.21. The van der Waals surface area contributed by atoms with Crippen molar-refractivity contribution in [2.45, 2.75) is 0 Å². The number of halogens is 4. The lowest BCUT2D eigenvalue weighted by molar-refractivity contribution is 0.0943. The van der Waals surface area contributed by atoms with Crippen molar-refractivity contribution >= 4 is 75.5 Å². The maximum absolute atomic E-state index is 13.1. The van der Waals surface area contributed by atoms with Crippen molar-refractivity contribution in [1.82, 2.24) is 14.8 Å². The SMILES string of the molecule is O=C(Nc1ccncc1)c1nn(C(=O)c2c(Cl)cccc2Cl)cc1NC(=O)c1c(Cl)cccc1Cl. The van der Waals surface area contributed by atoms with Gasteiger partial charge in [-0.25, -0.2) is 4.68 Å². The van der Waals surface area contributed by atoms with Gasteiger partial charge in [-0.05, 0) is 36.4 Å². The summed E-state index contributed by atoms with van der Waals surface area (Å²) in [5.74, 6) is -2.12. The third kappa shape index (κ3) is 5.31. The molecule has 12 heteroatoms. The van der Waals surface area contributed by atoms with Crippen LogP contribution in [0.4, 0.5) is 11.4 Å². The lowest BCUT2D eigenvalue weighted by Crippen LogP contribution is -2.19. The first-order chi connectivity index (χ1) is 16.8. The number of hydrogen-bond acceptors (Lipinski definition) is 5. The first kappa shape index (κ1) is 24.7. The molecule has 2 amide bonds. The van der Waals surface area contributed by atoms with Crippen molar-refractivity contribution in [2.75, 3.05) is 10.6 Å². The van der Waals surface area contributed by atoms with Gasteiger partial charge < -0.3 is 10.6 Å².